The summed E-state index contributed by atoms with van der Waals surface area (Å²) in [5.74, 6) is 0.608. The molecule has 2 aliphatic rings. The first-order valence-electron chi connectivity index (χ1n) is 14.3. The van der Waals surface area contributed by atoms with Gasteiger partial charge in [-0.3, -0.25) is 0 Å². The van der Waals surface area contributed by atoms with Gasteiger partial charge in [-0.05, 0) is 97.6 Å². The second-order valence-corrected chi connectivity index (χ2v) is 12.1. The third-order valence-electron chi connectivity index (χ3n) is 9.65. The van der Waals surface area contributed by atoms with Gasteiger partial charge >= 0.3 is 11.9 Å². The Morgan fingerprint density at radius 1 is 0.872 bits per heavy atom. The second-order valence-electron chi connectivity index (χ2n) is 12.1. The summed E-state index contributed by atoms with van der Waals surface area (Å²) in [6.45, 7) is 5.63. The summed E-state index contributed by atoms with van der Waals surface area (Å²) in [4.78, 5) is 25.6. The van der Waals surface area contributed by atoms with Gasteiger partial charge in [-0.1, -0.05) is 56.7 Å². The Kier molecular flexibility index (Phi) is 8.25. The van der Waals surface area contributed by atoms with Crippen LogP contribution in [-0.4, -0.2) is 25.2 Å². The van der Waals surface area contributed by atoms with Crippen molar-refractivity contribution in [1.82, 2.24) is 0 Å². The zero-order valence-corrected chi connectivity index (χ0v) is 23.1. The molecule has 3 aromatic rings. The van der Waals surface area contributed by atoms with Crippen molar-refractivity contribution in [1.29, 1.82) is 0 Å². The molecule has 0 spiro atoms. The van der Waals surface area contributed by atoms with E-state index in [0.717, 1.165) is 44.9 Å². The predicted octanol–water partition coefficient (Wildman–Crippen LogP) is 7.77. The molecule has 5 nitrogen and oxygen atoms in total. The maximum absolute atomic E-state index is 12.8. The van der Waals surface area contributed by atoms with E-state index in [0.29, 0.717) is 42.1 Å². The summed E-state index contributed by atoms with van der Waals surface area (Å²) in [7, 11) is 0. The Bertz CT molecular complexity index is 1220. The molecule has 1 aromatic heterocycles. The Morgan fingerprint density at radius 3 is 2.18 bits per heavy atom. The summed E-state index contributed by atoms with van der Waals surface area (Å²) in [5.41, 5.74) is 2.38. The Hall–Kier alpha value is -3.34. The van der Waals surface area contributed by atoms with Gasteiger partial charge in [0.1, 0.15) is 0 Å². The number of carbonyl (C=O) groups is 2. The maximum Gasteiger partial charge on any atom is 0.338 e. The number of fused-ring (bicyclic) bond motifs is 1. The molecule has 39 heavy (non-hydrogen) atoms. The lowest BCUT2D eigenvalue weighted by Crippen LogP contribution is -2.54. The van der Waals surface area contributed by atoms with Crippen molar-refractivity contribution < 1.29 is 23.5 Å². The smallest absolute Gasteiger partial charge is 0.338 e. The Balaban J connectivity index is 1.33. The first-order valence-corrected chi connectivity index (χ1v) is 14.3. The lowest BCUT2D eigenvalue weighted by Gasteiger charge is -2.60. The molecule has 2 aromatic carbocycles. The minimum Gasteiger partial charge on any atom is -0.472 e. The van der Waals surface area contributed by atoms with Crippen molar-refractivity contribution >= 4 is 11.9 Å². The molecule has 2 aliphatic carbocycles. The van der Waals surface area contributed by atoms with Crippen molar-refractivity contribution in [3.63, 3.8) is 0 Å². The first kappa shape index (κ1) is 27.2. The van der Waals surface area contributed by atoms with E-state index in [-0.39, 0.29) is 22.8 Å². The molecule has 0 N–H and O–H groups in total. The third-order valence-corrected chi connectivity index (χ3v) is 9.65. The highest BCUT2D eigenvalue weighted by Gasteiger charge is 2.56. The fraction of sp³-hybridized carbons (Fsp3) is 0.471. The van der Waals surface area contributed by atoms with Crippen molar-refractivity contribution in [3.8, 4) is 0 Å². The molecule has 1 heterocycles. The van der Waals surface area contributed by atoms with E-state index in [4.69, 9.17) is 13.9 Å². The lowest BCUT2D eigenvalue weighted by atomic mass is 9.45. The fourth-order valence-corrected chi connectivity index (χ4v) is 7.68. The van der Waals surface area contributed by atoms with Crippen LogP contribution in [0.3, 0.4) is 0 Å². The van der Waals surface area contributed by atoms with Crippen LogP contribution in [0.25, 0.3) is 0 Å². The molecule has 0 radical (unpaired) electrons. The zero-order chi connectivity index (χ0) is 27.3. The molecule has 5 rings (SSSR count). The Labute approximate surface area is 231 Å². The van der Waals surface area contributed by atoms with E-state index in [1.54, 1.807) is 18.4 Å². The summed E-state index contributed by atoms with van der Waals surface area (Å²) in [6.07, 6.45) is 10.9. The normalized spacial score (nSPS) is 28.3. The zero-order valence-electron chi connectivity index (χ0n) is 23.1. The molecule has 0 aliphatic heterocycles. The van der Waals surface area contributed by atoms with E-state index < -0.39 is 0 Å². The van der Waals surface area contributed by atoms with E-state index in [2.05, 4.69) is 13.8 Å². The number of hydrogen-bond donors (Lipinski definition) is 0. The number of carbonyl (C=O) groups excluding carboxylic acids is 2. The van der Waals surface area contributed by atoms with Crippen LogP contribution in [0.2, 0.25) is 0 Å². The second kappa shape index (κ2) is 11.8. The fourth-order valence-electron chi connectivity index (χ4n) is 7.68. The summed E-state index contributed by atoms with van der Waals surface area (Å²) >= 11 is 0. The summed E-state index contributed by atoms with van der Waals surface area (Å²) < 4.78 is 17.2. The first-order chi connectivity index (χ1) is 18.9. The number of hydrogen-bond acceptors (Lipinski definition) is 5. The molecule has 0 saturated heterocycles. The quantitative estimate of drug-likeness (QED) is 0.266. The number of benzene rings is 2. The summed E-state index contributed by atoms with van der Waals surface area (Å²) in [5, 5.41) is 0. The van der Waals surface area contributed by atoms with E-state index in [1.165, 1.54) is 5.56 Å². The van der Waals surface area contributed by atoms with Gasteiger partial charge in [-0.15, -0.1) is 0 Å². The van der Waals surface area contributed by atoms with Crippen LogP contribution in [0, 0.1) is 28.6 Å². The van der Waals surface area contributed by atoms with Gasteiger partial charge < -0.3 is 13.9 Å². The van der Waals surface area contributed by atoms with Crippen LogP contribution in [0.4, 0.5) is 0 Å². The highest BCUT2D eigenvalue weighted by molar-refractivity contribution is 5.89. The van der Waals surface area contributed by atoms with Crippen molar-refractivity contribution in [2.24, 2.45) is 28.6 Å². The molecule has 5 heteroatoms. The van der Waals surface area contributed by atoms with E-state index in [9.17, 15) is 9.59 Å². The SMILES string of the molecule is C[C@]1(COC(=O)c2ccccc2)CCC[C@]2(C)[C@H](CCc3ccoc3)[C@@H](COC(=O)c3ccccc3)CC[C@H]12. The van der Waals surface area contributed by atoms with E-state index >= 15 is 0 Å². The monoisotopic (exact) mass is 528 g/mol. The van der Waals surface area contributed by atoms with Gasteiger partial charge in [0, 0.05) is 5.41 Å². The highest BCUT2D eigenvalue weighted by atomic mass is 16.5. The number of ether oxygens (including phenoxy) is 2. The molecule has 0 amide bonds. The lowest BCUT2D eigenvalue weighted by molar-refractivity contribution is -0.130. The van der Waals surface area contributed by atoms with Gasteiger partial charge in [0.15, 0.2) is 0 Å². The average Bonchev–Trinajstić information content (AvgIpc) is 3.48. The van der Waals surface area contributed by atoms with Gasteiger partial charge in [-0.25, -0.2) is 9.59 Å². The van der Waals surface area contributed by atoms with Crippen LogP contribution < -0.4 is 0 Å². The number of furan rings is 1. The van der Waals surface area contributed by atoms with Crippen LogP contribution in [0.5, 0.6) is 0 Å². The average molecular weight is 529 g/mol. The molecule has 0 unspecified atom stereocenters. The Morgan fingerprint density at radius 2 is 1.54 bits per heavy atom. The van der Waals surface area contributed by atoms with Gasteiger partial charge in [0.05, 0.1) is 36.9 Å². The molecule has 0 bridgehead atoms. The maximum atomic E-state index is 12.8. The molecule has 2 fully saturated rings. The minimum atomic E-state index is -0.252. The van der Waals surface area contributed by atoms with Gasteiger partial charge in [-0.2, -0.15) is 0 Å². The van der Waals surface area contributed by atoms with Crippen molar-refractivity contribution in [2.75, 3.05) is 13.2 Å². The molecular formula is C34H40O5. The number of rotatable bonds is 9. The van der Waals surface area contributed by atoms with Gasteiger partial charge in [0.25, 0.3) is 0 Å². The molecule has 5 atom stereocenters. The van der Waals surface area contributed by atoms with Crippen molar-refractivity contribution in [3.05, 3.63) is 95.9 Å². The highest BCUT2D eigenvalue weighted by Crippen LogP contribution is 2.62. The minimum absolute atomic E-state index is 0.0674. The largest absolute Gasteiger partial charge is 0.472 e. The molecule has 206 valence electrons. The number of esters is 2. The van der Waals surface area contributed by atoms with Crippen LogP contribution in [0.1, 0.15) is 78.7 Å². The molecule has 2 saturated carbocycles. The van der Waals surface area contributed by atoms with Gasteiger partial charge in [0.2, 0.25) is 0 Å². The summed E-state index contributed by atoms with van der Waals surface area (Å²) in [6, 6.07) is 20.5. The van der Waals surface area contributed by atoms with Crippen molar-refractivity contribution in [2.45, 2.75) is 58.8 Å². The molecular weight excluding hydrogens is 488 g/mol. The third kappa shape index (κ3) is 5.98. The van der Waals surface area contributed by atoms with E-state index in [1.807, 2.05) is 60.9 Å². The predicted molar refractivity (Wildman–Crippen MR) is 150 cm³/mol. The van der Waals surface area contributed by atoms with Crippen LogP contribution in [0.15, 0.2) is 83.7 Å². The topological polar surface area (TPSA) is 65.7 Å². The van der Waals surface area contributed by atoms with Crippen LogP contribution >= 0.6 is 0 Å². The number of aryl methyl sites for hydroxylation is 1. The standard InChI is InChI=1S/C34H40O5/c1-33(24-39-32(36)27-12-7-4-8-13-27)19-9-20-34(2)29(16-14-25-18-21-37-22-25)28(15-17-30(33)34)23-38-31(35)26-10-5-3-6-11-26/h3-8,10-13,18,21-22,28-30H,9,14-17,19-20,23-24H2,1-2H3/t28-,29-,30-,33-,34-/m1/s1. The van der Waals surface area contributed by atoms with Crippen LogP contribution in [-0.2, 0) is 15.9 Å².